The molecule has 8 heterocycles. The van der Waals surface area contributed by atoms with Crippen LogP contribution in [0.25, 0.3) is 0 Å². The van der Waals surface area contributed by atoms with Gasteiger partial charge in [-0.2, -0.15) is 0 Å². The van der Waals surface area contributed by atoms with E-state index in [9.17, 15) is 47.9 Å². The molecule has 474 valence electrons. The smallest absolute Gasteiger partial charge is 0.292 e. The Hall–Kier alpha value is -11.4. The highest BCUT2D eigenvalue weighted by molar-refractivity contribution is 6.10. The summed E-state index contributed by atoms with van der Waals surface area (Å²) in [6.45, 7) is 1.50. The molecule has 0 bridgehead atoms. The predicted molar refractivity (Wildman–Crippen MR) is 331 cm³/mol. The molecule has 8 aromatic heterocycles. The van der Waals surface area contributed by atoms with Gasteiger partial charge in [0.2, 0.25) is 23.5 Å². The lowest BCUT2D eigenvalue weighted by atomic mass is 10.2. The van der Waals surface area contributed by atoms with Crippen molar-refractivity contribution in [1.82, 2.24) is 72.3 Å². The van der Waals surface area contributed by atoms with E-state index in [1.165, 1.54) is 107 Å². The number of nitrogens with two attached hydrogens (primary N) is 1. The van der Waals surface area contributed by atoms with Crippen LogP contribution in [-0.4, -0.2) is 162 Å². The molecule has 0 aliphatic heterocycles. The minimum Gasteiger partial charge on any atom is -0.356 e. The van der Waals surface area contributed by atoms with Crippen LogP contribution in [0.3, 0.4) is 0 Å². The van der Waals surface area contributed by atoms with Gasteiger partial charge in [-0.05, 0) is 70.4 Å². The van der Waals surface area contributed by atoms with Gasteiger partial charge in [0.15, 0.2) is 17.5 Å². The van der Waals surface area contributed by atoms with E-state index in [4.69, 9.17) is 5.73 Å². The third-order valence-corrected chi connectivity index (χ3v) is 14.0. The van der Waals surface area contributed by atoms with Gasteiger partial charge in [-0.1, -0.05) is 0 Å². The van der Waals surface area contributed by atoms with Crippen molar-refractivity contribution in [2.45, 2.75) is 25.3 Å². The van der Waals surface area contributed by atoms with E-state index in [0.29, 0.717) is 12.2 Å². The number of anilines is 7. The Balaban J connectivity index is 0.805. The second kappa shape index (κ2) is 28.0. The van der Waals surface area contributed by atoms with Crippen molar-refractivity contribution in [3.8, 4) is 0 Å². The lowest BCUT2D eigenvalue weighted by Crippen LogP contribution is -2.45. The molecule has 10 amide bonds. The zero-order valence-electron chi connectivity index (χ0n) is 51.1. The number of nitrogens with zero attached hydrogens (tertiary/aromatic N) is 12. The third kappa shape index (κ3) is 15.8. The number of carbonyl (C=O) groups excluding carboxylic acids is 10. The predicted octanol–water partition coefficient (Wildman–Crippen LogP) is 1.37. The van der Waals surface area contributed by atoms with Crippen molar-refractivity contribution in [3.05, 3.63) is 132 Å². The largest absolute Gasteiger partial charge is 0.356 e. The van der Waals surface area contributed by atoms with Crippen LogP contribution in [0.4, 0.5) is 40.1 Å². The minimum atomic E-state index is -1.17. The van der Waals surface area contributed by atoms with Gasteiger partial charge in [-0.25, -0.2) is 15.0 Å². The number of amides is 10. The van der Waals surface area contributed by atoms with Gasteiger partial charge >= 0.3 is 0 Å². The number of aryl methyl sites for hydroxylation is 8. The maximum absolute atomic E-state index is 13.7. The van der Waals surface area contributed by atoms with E-state index in [1.807, 2.05) is 19.0 Å². The first-order valence-corrected chi connectivity index (χ1v) is 28.0. The molecule has 0 saturated heterocycles. The van der Waals surface area contributed by atoms with Gasteiger partial charge in [0, 0.05) is 132 Å². The van der Waals surface area contributed by atoms with Crippen LogP contribution in [0.1, 0.15) is 104 Å². The molecule has 33 heteroatoms. The first-order valence-electron chi connectivity index (χ1n) is 28.0. The summed E-state index contributed by atoms with van der Waals surface area (Å²) in [4.78, 5) is 147. The molecule has 0 aromatic carbocycles. The van der Waals surface area contributed by atoms with Crippen LogP contribution in [0.15, 0.2) is 86.1 Å². The number of hydrogen-bond donors (Lipinski definition) is 11. The number of carbonyl (C=O) groups is 10. The highest BCUT2D eigenvalue weighted by atomic mass is 16.2. The lowest BCUT2D eigenvalue weighted by molar-refractivity contribution is -0.121. The normalized spacial score (nSPS) is 11.4. The average molecular weight is 1240 g/mol. The van der Waals surface area contributed by atoms with Crippen molar-refractivity contribution in [3.63, 3.8) is 0 Å². The molecule has 0 spiro atoms. The van der Waals surface area contributed by atoms with Crippen molar-refractivity contribution in [1.29, 1.82) is 0 Å². The molecule has 0 radical (unpaired) electrons. The summed E-state index contributed by atoms with van der Waals surface area (Å²) >= 11 is 0. The van der Waals surface area contributed by atoms with Crippen LogP contribution < -0.4 is 58.9 Å². The molecule has 8 aromatic rings. The second-order valence-electron chi connectivity index (χ2n) is 21.4. The first kappa shape index (κ1) is 64.6. The van der Waals surface area contributed by atoms with Crippen molar-refractivity contribution >= 4 is 99.1 Å². The van der Waals surface area contributed by atoms with Crippen molar-refractivity contribution < 1.29 is 47.9 Å². The SMILES string of the molecule is CN(C)CCCNC(=O)CCNC(=O)c1cc(NC(=O)c2cc(NC(=O)c3cc(NC(=O)c4nc(NC(=O)[C@@H](CCN)NC(=O)c5cc(NC(=O)c6cc(NC(=O)c7nc(NC(=O)c8nccn8C)cn7C)cn6C)cn5C)cn4C)cn3C)cn2C)cn1C. The molecule has 0 unspecified atom stereocenters. The van der Waals surface area contributed by atoms with Crippen LogP contribution in [-0.2, 0) is 66.0 Å². The summed E-state index contributed by atoms with van der Waals surface area (Å²) in [5.41, 5.74) is 8.03. The minimum absolute atomic E-state index is 0.000748. The molecule has 0 fully saturated rings. The summed E-state index contributed by atoms with van der Waals surface area (Å²) in [7, 11) is 16.7. The fourth-order valence-corrected chi connectivity index (χ4v) is 9.46. The van der Waals surface area contributed by atoms with E-state index in [-0.39, 0.29) is 112 Å². The first-order chi connectivity index (χ1) is 42.7. The lowest BCUT2D eigenvalue weighted by Gasteiger charge is -2.17. The van der Waals surface area contributed by atoms with Gasteiger partial charge < -0.3 is 100 Å². The molecular weight excluding hydrogens is 1170 g/mol. The van der Waals surface area contributed by atoms with Gasteiger partial charge in [0.05, 0.1) is 28.4 Å². The number of rotatable bonds is 26. The van der Waals surface area contributed by atoms with E-state index in [1.54, 1.807) is 72.5 Å². The quantitative estimate of drug-likeness (QED) is 0.0341. The summed E-state index contributed by atoms with van der Waals surface area (Å²) < 4.78 is 11.8. The van der Waals surface area contributed by atoms with Gasteiger partial charge in [0.25, 0.3) is 47.3 Å². The number of aromatic nitrogens is 11. The Labute approximate surface area is 514 Å². The van der Waals surface area contributed by atoms with Crippen LogP contribution in [0.5, 0.6) is 0 Å². The Bertz CT molecular complexity index is 4060. The summed E-state index contributed by atoms with van der Waals surface area (Å²) in [5.74, 6) is -5.35. The Kier molecular flexibility index (Phi) is 20.1. The number of imidazole rings is 3. The van der Waals surface area contributed by atoms with E-state index >= 15 is 0 Å². The molecule has 12 N–H and O–H groups in total. The molecule has 33 nitrogen and oxygen atoms in total. The fraction of sp³-hybridized carbons (Fsp3) is 0.316. The van der Waals surface area contributed by atoms with E-state index in [2.05, 4.69) is 68.1 Å². The summed E-state index contributed by atoms with van der Waals surface area (Å²) in [6.07, 6.45) is 14.5. The Morgan fingerprint density at radius 3 is 1.27 bits per heavy atom. The topological polar surface area (TPSA) is 398 Å². The Morgan fingerprint density at radius 1 is 0.456 bits per heavy atom. The molecule has 1 atom stereocenters. The molecular formula is C57H71N23O10. The molecule has 90 heavy (non-hydrogen) atoms. The monoisotopic (exact) mass is 1240 g/mol. The van der Waals surface area contributed by atoms with Crippen molar-refractivity contribution in [2.75, 3.05) is 77.5 Å². The van der Waals surface area contributed by atoms with Crippen molar-refractivity contribution in [2.24, 2.45) is 62.1 Å². The van der Waals surface area contributed by atoms with Gasteiger partial charge in [-0.15, -0.1) is 0 Å². The van der Waals surface area contributed by atoms with Gasteiger partial charge in [0.1, 0.15) is 34.5 Å². The number of hydrogen-bond acceptors (Lipinski definition) is 15. The van der Waals surface area contributed by atoms with E-state index in [0.717, 1.165) is 13.0 Å². The summed E-state index contributed by atoms with van der Waals surface area (Å²) in [6, 6.07) is 6.09. The maximum atomic E-state index is 13.7. The van der Waals surface area contributed by atoms with Gasteiger partial charge in [-0.3, -0.25) is 47.9 Å². The molecule has 8 rings (SSSR count). The van der Waals surface area contributed by atoms with Crippen LogP contribution in [0, 0.1) is 0 Å². The standard InChI is InChI=1S/C57H71N23O10/c1-72(2)18-11-15-59-45(81)13-16-61-50(83)38-20-32(25-74(38)4)62-51(84)39-21-33(26-75(39)5)63-52(85)40-23-35(28-76(40)6)65-56(89)47-68-43(30-79(47)9)70-49(82)37(12-14-58)67-54(87)42-22-34(27-78(42)8)64-53(86)41-24-36(29-77(41)7)66-57(90)48-69-44(31-80(48)10)71-55(88)46-60-17-19-73(46)3/h17,19-31,37H,11-16,18,58H2,1-10H3,(H,59,81)(H,61,83)(H,62,84)(H,63,85)(H,64,86)(H,65,89)(H,66,90)(H,67,87)(H,70,82)(H,71,88)/t37-/m1/s1. The zero-order valence-corrected chi connectivity index (χ0v) is 51.1. The highest BCUT2D eigenvalue weighted by Crippen LogP contribution is 2.23. The zero-order chi connectivity index (χ0) is 65.2. The highest BCUT2D eigenvalue weighted by Gasteiger charge is 2.27. The molecule has 0 aliphatic carbocycles. The summed E-state index contributed by atoms with van der Waals surface area (Å²) in [5, 5.41) is 27.2. The second-order valence-corrected chi connectivity index (χ2v) is 21.4. The van der Waals surface area contributed by atoms with Crippen LogP contribution >= 0.6 is 0 Å². The maximum Gasteiger partial charge on any atom is 0.292 e. The fourth-order valence-electron chi connectivity index (χ4n) is 9.46. The average Bonchev–Trinajstić information content (AvgIpc) is 3.78. The Morgan fingerprint density at radius 2 is 0.856 bits per heavy atom. The third-order valence-electron chi connectivity index (χ3n) is 14.0. The van der Waals surface area contributed by atoms with E-state index < -0.39 is 59.2 Å². The molecule has 0 aliphatic rings. The van der Waals surface area contributed by atoms with Crippen LogP contribution in [0.2, 0.25) is 0 Å². The number of nitrogens with one attached hydrogen (secondary N) is 10. The molecule has 0 saturated carbocycles.